The average molecular weight is 305 g/mol. The van der Waals surface area contributed by atoms with E-state index in [1.807, 2.05) is 0 Å². The van der Waals surface area contributed by atoms with Gasteiger partial charge in [-0.25, -0.2) is 5.43 Å². The largest absolute Gasteiger partial charge is 0.272 e. The first-order chi connectivity index (χ1) is 10.1. The minimum Gasteiger partial charge on any atom is -0.267 e. The molecule has 0 aliphatic carbocycles. The lowest BCUT2D eigenvalue weighted by Crippen LogP contribution is -2.18. The second-order valence-electron chi connectivity index (χ2n) is 3.91. The first-order valence-electron chi connectivity index (χ1n) is 5.75. The fourth-order valence-electron chi connectivity index (χ4n) is 1.48. The number of halogens is 1. The minimum absolute atomic E-state index is 0.0155. The molecule has 21 heavy (non-hydrogen) atoms. The molecule has 0 saturated carbocycles. The molecule has 106 valence electrons. The standard InChI is InChI=1S/C13H9ClN4O3/c14-12-6-10(18(20)21)3-4-11(12)13(19)17-16-8-9-2-1-5-15-7-9/h1-8H,(H,17,19)/b16-8-. The molecule has 1 amide bonds. The van der Waals surface area contributed by atoms with Crippen LogP contribution < -0.4 is 5.43 Å². The third kappa shape index (κ3) is 3.83. The number of hydrazone groups is 1. The van der Waals surface area contributed by atoms with Crippen molar-refractivity contribution in [3.63, 3.8) is 0 Å². The van der Waals surface area contributed by atoms with Crippen LogP contribution in [0.25, 0.3) is 0 Å². The van der Waals surface area contributed by atoms with Crippen LogP contribution in [-0.4, -0.2) is 22.0 Å². The molecule has 0 saturated heterocycles. The van der Waals surface area contributed by atoms with Crippen molar-refractivity contribution < 1.29 is 9.72 Å². The molecule has 1 N–H and O–H groups in total. The Hall–Kier alpha value is -2.80. The lowest BCUT2D eigenvalue weighted by Gasteiger charge is -2.02. The molecule has 7 nitrogen and oxygen atoms in total. The number of carbonyl (C=O) groups excluding carboxylic acids is 1. The van der Waals surface area contributed by atoms with Gasteiger partial charge in [-0.3, -0.25) is 19.9 Å². The summed E-state index contributed by atoms with van der Waals surface area (Å²) in [6.07, 6.45) is 4.62. The number of rotatable bonds is 4. The van der Waals surface area contributed by atoms with Crippen molar-refractivity contribution in [2.24, 2.45) is 5.10 Å². The molecular weight excluding hydrogens is 296 g/mol. The predicted octanol–water partition coefficient (Wildman–Crippen LogP) is 2.41. The van der Waals surface area contributed by atoms with Gasteiger partial charge in [0.1, 0.15) is 0 Å². The Kier molecular flexibility index (Phi) is 4.57. The van der Waals surface area contributed by atoms with Crippen molar-refractivity contribution in [2.45, 2.75) is 0 Å². The maximum Gasteiger partial charge on any atom is 0.272 e. The summed E-state index contributed by atoms with van der Waals surface area (Å²) >= 11 is 5.84. The monoisotopic (exact) mass is 304 g/mol. The number of amides is 1. The van der Waals surface area contributed by atoms with Gasteiger partial charge in [0.2, 0.25) is 0 Å². The van der Waals surface area contributed by atoms with E-state index >= 15 is 0 Å². The van der Waals surface area contributed by atoms with Gasteiger partial charge in [0.25, 0.3) is 11.6 Å². The number of carbonyl (C=O) groups is 1. The van der Waals surface area contributed by atoms with E-state index in [-0.39, 0.29) is 16.3 Å². The molecule has 2 rings (SSSR count). The molecule has 1 aromatic carbocycles. The van der Waals surface area contributed by atoms with Gasteiger partial charge in [0.15, 0.2) is 0 Å². The molecule has 0 unspecified atom stereocenters. The molecule has 1 heterocycles. The summed E-state index contributed by atoms with van der Waals surface area (Å²) in [6, 6.07) is 7.08. The zero-order valence-electron chi connectivity index (χ0n) is 10.6. The van der Waals surface area contributed by atoms with Crippen LogP contribution in [-0.2, 0) is 0 Å². The Bertz CT molecular complexity index is 704. The highest BCUT2D eigenvalue weighted by atomic mass is 35.5. The van der Waals surface area contributed by atoms with Gasteiger partial charge in [-0.2, -0.15) is 5.10 Å². The van der Waals surface area contributed by atoms with E-state index in [0.717, 1.165) is 6.07 Å². The van der Waals surface area contributed by atoms with E-state index in [4.69, 9.17) is 11.6 Å². The summed E-state index contributed by atoms with van der Waals surface area (Å²) in [5.74, 6) is -0.560. The first-order valence-corrected chi connectivity index (χ1v) is 6.13. The van der Waals surface area contributed by atoms with Crippen molar-refractivity contribution in [2.75, 3.05) is 0 Å². The maximum absolute atomic E-state index is 11.8. The summed E-state index contributed by atoms with van der Waals surface area (Å²) in [5.41, 5.74) is 2.92. The molecule has 1 aromatic heterocycles. The van der Waals surface area contributed by atoms with Crippen LogP contribution in [0.2, 0.25) is 5.02 Å². The molecule has 0 spiro atoms. The number of nitrogens with one attached hydrogen (secondary N) is 1. The van der Waals surface area contributed by atoms with E-state index < -0.39 is 10.8 Å². The van der Waals surface area contributed by atoms with Crippen molar-refractivity contribution in [3.05, 3.63) is 69.0 Å². The molecular formula is C13H9ClN4O3. The lowest BCUT2D eigenvalue weighted by molar-refractivity contribution is -0.384. The first kappa shape index (κ1) is 14.6. The summed E-state index contributed by atoms with van der Waals surface area (Å²) in [4.78, 5) is 25.7. The molecule has 0 aliphatic rings. The van der Waals surface area contributed by atoms with Crippen molar-refractivity contribution in [1.82, 2.24) is 10.4 Å². The summed E-state index contributed by atoms with van der Waals surface area (Å²) in [7, 11) is 0. The van der Waals surface area contributed by atoms with Crippen molar-refractivity contribution in [3.8, 4) is 0 Å². The maximum atomic E-state index is 11.8. The van der Waals surface area contributed by atoms with Crippen LogP contribution in [0.4, 0.5) is 5.69 Å². The highest BCUT2D eigenvalue weighted by Gasteiger charge is 2.14. The van der Waals surface area contributed by atoms with Gasteiger partial charge in [0, 0.05) is 30.1 Å². The van der Waals surface area contributed by atoms with E-state index in [1.54, 1.807) is 24.5 Å². The third-order valence-electron chi connectivity index (χ3n) is 2.47. The van der Waals surface area contributed by atoms with Crippen LogP contribution in [0.5, 0.6) is 0 Å². The van der Waals surface area contributed by atoms with E-state index in [9.17, 15) is 14.9 Å². The number of nitro groups is 1. The molecule has 0 bridgehead atoms. The highest BCUT2D eigenvalue weighted by Crippen LogP contribution is 2.22. The van der Waals surface area contributed by atoms with Gasteiger partial charge >= 0.3 is 0 Å². The van der Waals surface area contributed by atoms with Gasteiger partial charge in [-0.1, -0.05) is 17.7 Å². The molecule has 0 fully saturated rings. The summed E-state index contributed by atoms with van der Waals surface area (Å²) in [5, 5.41) is 14.3. The smallest absolute Gasteiger partial charge is 0.267 e. The number of non-ortho nitro benzene ring substituents is 1. The molecule has 0 aliphatic heterocycles. The Balaban J connectivity index is 2.07. The van der Waals surface area contributed by atoms with Crippen LogP contribution in [0.1, 0.15) is 15.9 Å². The van der Waals surface area contributed by atoms with Crippen molar-refractivity contribution >= 4 is 29.4 Å². The third-order valence-corrected chi connectivity index (χ3v) is 2.78. The van der Waals surface area contributed by atoms with Crippen LogP contribution in [0.3, 0.4) is 0 Å². The number of nitrogens with zero attached hydrogens (tertiary/aromatic N) is 3. The molecule has 0 atom stereocenters. The van der Waals surface area contributed by atoms with Gasteiger partial charge in [0.05, 0.1) is 21.7 Å². The Labute approximate surface area is 124 Å². The second-order valence-corrected chi connectivity index (χ2v) is 4.31. The minimum atomic E-state index is -0.589. The van der Waals surface area contributed by atoms with Crippen LogP contribution in [0, 0.1) is 10.1 Å². The number of benzene rings is 1. The number of nitro benzene ring substituents is 1. The quantitative estimate of drug-likeness (QED) is 0.533. The van der Waals surface area contributed by atoms with Crippen molar-refractivity contribution in [1.29, 1.82) is 0 Å². The molecule has 8 heteroatoms. The fraction of sp³-hybridized carbons (Fsp3) is 0. The number of pyridine rings is 1. The SMILES string of the molecule is O=C(N/N=C\c1cccnc1)c1ccc([N+](=O)[O-])cc1Cl. The summed E-state index contributed by atoms with van der Waals surface area (Å²) in [6.45, 7) is 0. The Morgan fingerprint density at radius 3 is 2.86 bits per heavy atom. The van der Waals surface area contributed by atoms with E-state index in [0.29, 0.717) is 5.56 Å². The molecule has 0 radical (unpaired) electrons. The Morgan fingerprint density at radius 1 is 1.43 bits per heavy atom. The van der Waals surface area contributed by atoms with Crippen LogP contribution in [0.15, 0.2) is 47.8 Å². The number of hydrogen-bond donors (Lipinski definition) is 1. The second kappa shape index (κ2) is 6.58. The highest BCUT2D eigenvalue weighted by molar-refractivity contribution is 6.34. The Morgan fingerprint density at radius 2 is 2.24 bits per heavy atom. The number of hydrogen-bond acceptors (Lipinski definition) is 5. The van der Waals surface area contributed by atoms with Gasteiger partial charge < -0.3 is 0 Å². The zero-order valence-corrected chi connectivity index (χ0v) is 11.3. The molecule has 2 aromatic rings. The fourth-order valence-corrected chi connectivity index (χ4v) is 1.74. The predicted molar refractivity (Wildman–Crippen MR) is 77.4 cm³/mol. The van der Waals surface area contributed by atoms with Crippen LogP contribution >= 0.6 is 11.6 Å². The number of aromatic nitrogens is 1. The van der Waals surface area contributed by atoms with E-state index in [2.05, 4.69) is 15.5 Å². The van der Waals surface area contributed by atoms with E-state index in [1.165, 1.54) is 18.3 Å². The lowest BCUT2D eigenvalue weighted by atomic mass is 10.2. The average Bonchev–Trinajstić information content (AvgIpc) is 2.48. The zero-order chi connectivity index (χ0) is 15.2. The van der Waals surface area contributed by atoms with Gasteiger partial charge in [-0.15, -0.1) is 0 Å². The van der Waals surface area contributed by atoms with Gasteiger partial charge in [-0.05, 0) is 12.1 Å². The normalized spacial score (nSPS) is 10.5. The summed E-state index contributed by atoms with van der Waals surface area (Å²) < 4.78 is 0. The topological polar surface area (TPSA) is 97.5 Å².